The second-order valence-electron chi connectivity index (χ2n) is 17.6. The van der Waals surface area contributed by atoms with E-state index in [0.29, 0.717) is 17.7 Å². The number of carboxylic acid groups (broad SMARTS) is 1. The molecular weight excluding hydrogens is 905 g/mol. The first-order chi connectivity index (χ1) is 31.7. The quantitative estimate of drug-likeness (QED) is 0.0410. The van der Waals surface area contributed by atoms with Crippen LogP contribution < -0.4 is 54.0 Å². The van der Waals surface area contributed by atoms with Crippen LogP contribution in [0.25, 0.3) is 0 Å². The van der Waals surface area contributed by atoms with Crippen LogP contribution in [-0.2, 0) is 54.4 Å². The highest BCUT2D eigenvalue weighted by Gasteiger charge is 2.36. The summed E-state index contributed by atoms with van der Waals surface area (Å²) < 4.78 is 0. The Morgan fingerprint density at radius 1 is 0.574 bits per heavy atom. The molecular formula is C45H74N10O12S. The van der Waals surface area contributed by atoms with Gasteiger partial charge in [-0.25, -0.2) is 4.79 Å². The van der Waals surface area contributed by atoms with Crippen molar-refractivity contribution in [1.29, 1.82) is 0 Å². The second-order valence-corrected chi connectivity index (χ2v) is 18.5. The molecule has 0 aromatic heterocycles. The molecule has 0 fully saturated rings. The van der Waals surface area contributed by atoms with Crippen molar-refractivity contribution in [3.05, 3.63) is 35.9 Å². The number of benzene rings is 1. The van der Waals surface area contributed by atoms with Gasteiger partial charge in [0.1, 0.15) is 54.4 Å². The van der Waals surface area contributed by atoms with Crippen molar-refractivity contribution in [2.24, 2.45) is 29.2 Å². The van der Waals surface area contributed by atoms with Gasteiger partial charge in [-0.1, -0.05) is 78.3 Å². The van der Waals surface area contributed by atoms with Crippen molar-refractivity contribution in [2.45, 2.75) is 155 Å². The molecule has 14 N–H and O–H groups in total. The number of thioether (sulfide) groups is 1. The number of rotatable bonds is 30. The largest absolute Gasteiger partial charge is 0.480 e. The van der Waals surface area contributed by atoms with E-state index in [1.807, 2.05) is 0 Å². The number of aliphatic carboxylic acids is 1. The van der Waals surface area contributed by atoms with Crippen LogP contribution in [0.4, 0.5) is 0 Å². The van der Waals surface area contributed by atoms with Gasteiger partial charge in [-0.2, -0.15) is 11.8 Å². The Morgan fingerprint density at radius 2 is 1.00 bits per heavy atom. The standard InChI is InChI=1S/C45H74N10O12S/c1-11-24(6)36(45(66)67)55-41(62)31(21-28-15-13-12-14-16-28)52-44(65)35(23(4)5)54-37(58)25(7)48-39(60)30(19-20-68-10)50-40(61)29(17-18-32(46)57)51-43(64)34(22(2)3)53-38(59)26(8)49-42(63)33(47)27(9)56/h12-16,22-27,29-31,33-36,56H,11,17-21,47H2,1-10H3,(H2,46,57)(H,48,60)(H,49,63)(H,50,61)(H,51,64)(H,52,65)(H,53,59)(H,54,58)(H,55,62)(H,66,67)/t24-,25-,26-,27+,29-,30-,31-,33-,34-,35-,36-/m0/s1. The molecule has 9 amide bonds. The molecule has 0 saturated heterocycles. The summed E-state index contributed by atoms with van der Waals surface area (Å²) in [6, 6.07) is -2.70. The van der Waals surface area contributed by atoms with Crippen molar-refractivity contribution >= 4 is 70.9 Å². The second kappa shape index (κ2) is 29.8. The Bertz CT molecular complexity index is 1890. The fourth-order valence-electron chi connectivity index (χ4n) is 6.45. The van der Waals surface area contributed by atoms with Crippen LogP contribution in [0.1, 0.15) is 93.6 Å². The molecule has 0 radical (unpaired) electrons. The van der Waals surface area contributed by atoms with Crippen molar-refractivity contribution in [3.8, 4) is 0 Å². The van der Waals surface area contributed by atoms with E-state index in [1.54, 1.807) is 78.1 Å². The number of carbonyl (C=O) groups is 10. The molecule has 0 unspecified atom stereocenters. The lowest BCUT2D eigenvalue weighted by Gasteiger charge is -2.29. The highest BCUT2D eigenvalue weighted by Crippen LogP contribution is 2.12. The van der Waals surface area contributed by atoms with Crippen LogP contribution in [0.5, 0.6) is 0 Å². The number of carbonyl (C=O) groups excluding carboxylic acids is 9. The molecule has 68 heavy (non-hydrogen) atoms. The van der Waals surface area contributed by atoms with Gasteiger partial charge in [-0.05, 0) is 68.9 Å². The van der Waals surface area contributed by atoms with Gasteiger partial charge in [0, 0.05) is 12.8 Å². The number of hydrogen-bond acceptors (Lipinski definition) is 13. The predicted molar refractivity (Wildman–Crippen MR) is 255 cm³/mol. The summed E-state index contributed by atoms with van der Waals surface area (Å²) in [6.45, 7) is 14.0. The first-order valence-electron chi connectivity index (χ1n) is 22.7. The number of nitrogens with one attached hydrogen (secondary N) is 8. The third kappa shape index (κ3) is 20.6. The van der Waals surface area contributed by atoms with Crippen LogP contribution in [-0.4, -0.2) is 142 Å². The van der Waals surface area contributed by atoms with Crippen LogP contribution >= 0.6 is 11.8 Å². The van der Waals surface area contributed by atoms with E-state index in [1.165, 1.54) is 32.5 Å². The highest BCUT2D eigenvalue weighted by atomic mass is 32.2. The molecule has 11 atom stereocenters. The molecule has 0 aliphatic rings. The highest BCUT2D eigenvalue weighted by molar-refractivity contribution is 7.98. The van der Waals surface area contributed by atoms with Gasteiger partial charge in [0.05, 0.1) is 6.10 Å². The molecule has 23 heteroatoms. The van der Waals surface area contributed by atoms with Gasteiger partial charge >= 0.3 is 5.97 Å². The fourth-order valence-corrected chi connectivity index (χ4v) is 6.92. The maximum absolute atomic E-state index is 13.8. The normalized spacial score (nSPS) is 16.1. The molecule has 0 aliphatic heterocycles. The van der Waals surface area contributed by atoms with E-state index >= 15 is 0 Å². The van der Waals surface area contributed by atoms with Gasteiger partial charge in [0.2, 0.25) is 53.2 Å². The molecule has 0 spiro atoms. The number of aliphatic hydroxyl groups is 1. The van der Waals surface area contributed by atoms with Crippen LogP contribution in [0.15, 0.2) is 30.3 Å². The summed E-state index contributed by atoms with van der Waals surface area (Å²) in [5.41, 5.74) is 11.7. The van der Waals surface area contributed by atoms with E-state index in [4.69, 9.17) is 11.5 Å². The lowest BCUT2D eigenvalue weighted by atomic mass is 9.97. The lowest BCUT2D eigenvalue weighted by Crippen LogP contribution is -2.61. The molecule has 1 aromatic carbocycles. The minimum Gasteiger partial charge on any atom is -0.480 e. The molecule has 0 aliphatic carbocycles. The topological polar surface area (TPSA) is 359 Å². The van der Waals surface area contributed by atoms with Crippen LogP contribution in [0, 0.1) is 17.8 Å². The van der Waals surface area contributed by atoms with Gasteiger partial charge in [0.25, 0.3) is 0 Å². The summed E-state index contributed by atoms with van der Waals surface area (Å²) in [4.78, 5) is 131. The maximum Gasteiger partial charge on any atom is 0.326 e. The zero-order valence-electron chi connectivity index (χ0n) is 40.7. The molecule has 0 heterocycles. The smallest absolute Gasteiger partial charge is 0.326 e. The average Bonchev–Trinajstić information content (AvgIpc) is 3.27. The van der Waals surface area contributed by atoms with E-state index in [9.17, 15) is 58.2 Å². The van der Waals surface area contributed by atoms with Crippen molar-refractivity contribution in [3.63, 3.8) is 0 Å². The number of hydrogen-bond donors (Lipinski definition) is 12. The Hall–Kier alpha value is -5.81. The van der Waals surface area contributed by atoms with E-state index < -0.39 is 137 Å². The third-order valence-electron chi connectivity index (χ3n) is 11.1. The summed E-state index contributed by atoms with van der Waals surface area (Å²) >= 11 is 1.35. The number of primary amides is 1. The van der Waals surface area contributed by atoms with E-state index in [-0.39, 0.29) is 25.7 Å². The van der Waals surface area contributed by atoms with Crippen LogP contribution in [0.2, 0.25) is 0 Å². The van der Waals surface area contributed by atoms with Crippen molar-refractivity contribution < 1.29 is 58.2 Å². The Labute approximate surface area is 402 Å². The average molecular weight is 979 g/mol. The summed E-state index contributed by atoms with van der Waals surface area (Å²) in [6.07, 6.45) is 0.424. The van der Waals surface area contributed by atoms with Gasteiger partial charge < -0.3 is 64.2 Å². The van der Waals surface area contributed by atoms with E-state index in [2.05, 4.69) is 42.5 Å². The minimum absolute atomic E-state index is 0.00388. The molecule has 22 nitrogen and oxygen atoms in total. The fraction of sp³-hybridized carbons (Fsp3) is 0.644. The van der Waals surface area contributed by atoms with Crippen molar-refractivity contribution in [2.75, 3.05) is 12.0 Å². The number of amides is 9. The number of aliphatic hydroxyl groups excluding tert-OH is 1. The lowest BCUT2D eigenvalue weighted by molar-refractivity contribution is -0.144. The zero-order chi connectivity index (χ0) is 52.0. The Kier molecular flexibility index (Phi) is 26.4. The predicted octanol–water partition coefficient (Wildman–Crippen LogP) is -1.68. The first-order valence-corrected chi connectivity index (χ1v) is 24.1. The van der Waals surface area contributed by atoms with Gasteiger partial charge in [-0.3, -0.25) is 43.2 Å². The maximum atomic E-state index is 13.8. The number of nitrogens with two attached hydrogens (primary N) is 2. The minimum atomic E-state index is -1.44. The summed E-state index contributed by atoms with van der Waals surface area (Å²) in [7, 11) is 0. The Balaban J connectivity index is 3.26. The summed E-state index contributed by atoms with van der Waals surface area (Å²) in [5.74, 6) is -9.57. The van der Waals surface area contributed by atoms with Gasteiger partial charge in [-0.15, -0.1) is 0 Å². The molecule has 1 rings (SSSR count). The van der Waals surface area contributed by atoms with E-state index in [0.717, 1.165) is 0 Å². The van der Waals surface area contributed by atoms with Gasteiger partial charge in [0.15, 0.2) is 0 Å². The third-order valence-corrected chi connectivity index (χ3v) is 11.7. The zero-order valence-corrected chi connectivity index (χ0v) is 41.5. The van der Waals surface area contributed by atoms with Crippen molar-refractivity contribution in [1.82, 2.24) is 42.5 Å². The van der Waals surface area contributed by atoms with Crippen LogP contribution in [0.3, 0.4) is 0 Å². The first kappa shape index (κ1) is 60.2. The molecule has 1 aromatic rings. The molecule has 0 bridgehead atoms. The monoisotopic (exact) mass is 979 g/mol. The number of carboxylic acids is 1. The molecule has 0 saturated carbocycles. The Morgan fingerprint density at radius 3 is 1.44 bits per heavy atom. The molecule has 382 valence electrons. The SMILES string of the molecule is CC[C@H](C)[C@H](NC(=O)[C@H](Cc1ccccc1)NC(=O)[C@@H](NC(=O)[C@H](C)NC(=O)[C@H](CCSC)NC(=O)[C@H](CCC(N)=O)NC(=O)[C@@H](NC(=O)[C@H](C)NC(=O)[C@@H](N)[C@@H](C)O)C(C)C)C(C)C)C(=O)O. The summed E-state index contributed by atoms with van der Waals surface area (Å²) in [5, 5.41) is 39.8.